The number of halogens is 1. The smallest absolute Gasteiger partial charge is 0.321 e. The van der Waals surface area contributed by atoms with Gasteiger partial charge in [0.25, 0.3) is 0 Å². The number of rotatable bonds is 4. The van der Waals surface area contributed by atoms with Crippen LogP contribution in [0.2, 0.25) is 0 Å². The van der Waals surface area contributed by atoms with Crippen LogP contribution in [0, 0.1) is 0 Å². The predicted molar refractivity (Wildman–Crippen MR) is 41.2 cm³/mol. The fourth-order valence-corrected chi connectivity index (χ4v) is 0.784. The largest absolute Gasteiger partial charge is 0.462 e. The summed E-state index contributed by atoms with van der Waals surface area (Å²) < 4.78 is 4.87. The quantitative estimate of drug-likeness (QED) is 0.469. The molecule has 0 heterocycles. The maximum Gasteiger partial charge on any atom is 0.321 e. The molecule has 0 aliphatic heterocycles. The number of ether oxygens (including phenoxy) is 1. The first kappa shape index (κ1) is 9.76. The lowest BCUT2D eigenvalue weighted by Crippen LogP contribution is -2.15. The summed E-state index contributed by atoms with van der Waals surface area (Å²) in [6.07, 6.45) is 1.94. The van der Waals surface area contributed by atoms with E-state index in [2.05, 4.69) is 0 Å². The molecule has 0 saturated carbocycles. The summed E-state index contributed by atoms with van der Waals surface area (Å²) in [5.74, 6) is -0.378. The van der Waals surface area contributed by atoms with Crippen molar-refractivity contribution >= 4 is 17.6 Å². The molecular formula is C7H13ClO2. The van der Waals surface area contributed by atoms with E-state index in [1.165, 1.54) is 0 Å². The zero-order chi connectivity index (χ0) is 7.98. The van der Waals surface area contributed by atoms with Gasteiger partial charge in [-0.3, -0.25) is 4.79 Å². The summed E-state index contributed by atoms with van der Waals surface area (Å²) in [6, 6.07) is 0. The summed E-state index contributed by atoms with van der Waals surface area (Å²) >= 11 is 5.22. The Morgan fingerprint density at radius 1 is 1.70 bits per heavy atom. The maximum absolute atomic E-state index is 10.5. The van der Waals surface area contributed by atoms with Crippen molar-refractivity contribution in [2.24, 2.45) is 0 Å². The van der Waals surface area contributed by atoms with Crippen molar-refractivity contribution in [2.45, 2.75) is 32.8 Å². The highest BCUT2D eigenvalue weighted by Crippen LogP contribution is 2.00. The minimum absolute atomic E-state index is 0.0104. The molecule has 0 spiro atoms. The van der Waals surface area contributed by atoms with E-state index < -0.39 is 0 Å². The number of hydrogen-bond acceptors (Lipinski definition) is 2. The van der Waals surface area contributed by atoms with Crippen LogP contribution in [0.5, 0.6) is 0 Å². The third kappa shape index (κ3) is 4.62. The van der Waals surface area contributed by atoms with Crippen LogP contribution in [0.15, 0.2) is 0 Å². The molecular weight excluding hydrogens is 152 g/mol. The third-order valence-electron chi connectivity index (χ3n) is 1.14. The SMILES string of the molecule is CCCC(C)OC(=O)CCl. The zero-order valence-electron chi connectivity index (χ0n) is 6.39. The van der Waals surface area contributed by atoms with Gasteiger partial charge in [0.2, 0.25) is 0 Å². The second-order valence-corrected chi connectivity index (χ2v) is 2.49. The number of carbonyl (C=O) groups is 1. The van der Waals surface area contributed by atoms with Crippen molar-refractivity contribution in [1.29, 1.82) is 0 Å². The first-order chi connectivity index (χ1) is 4.70. The first-order valence-corrected chi connectivity index (χ1v) is 3.99. The van der Waals surface area contributed by atoms with Gasteiger partial charge in [-0.15, -0.1) is 11.6 Å². The van der Waals surface area contributed by atoms with Crippen LogP contribution < -0.4 is 0 Å². The lowest BCUT2D eigenvalue weighted by atomic mass is 10.2. The molecule has 2 nitrogen and oxygen atoms in total. The molecule has 0 aromatic heterocycles. The first-order valence-electron chi connectivity index (χ1n) is 3.46. The van der Waals surface area contributed by atoms with Gasteiger partial charge in [0.1, 0.15) is 5.88 Å². The molecule has 0 radical (unpaired) electrons. The van der Waals surface area contributed by atoms with Crippen molar-refractivity contribution in [3.05, 3.63) is 0 Å². The molecule has 10 heavy (non-hydrogen) atoms. The Hall–Kier alpha value is -0.240. The van der Waals surface area contributed by atoms with Gasteiger partial charge in [0.15, 0.2) is 0 Å². The van der Waals surface area contributed by atoms with Gasteiger partial charge in [-0.1, -0.05) is 13.3 Å². The summed E-state index contributed by atoms with van der Waals surface area (Å²) in [6.45, 7) is 3.92. The zero-order valence-corrected chi connectivity index (χ0v) is 7.15. The van der Waals surface area contributed by atoms with Crippen molar-refractivity contribution in [2.75, 3.05) is 5.88 Å². The topological polar surface area (TPSA) is 26.3 Å². The minimum Gasteiger partial charge on any atom is -0.462 e. The summed E-state index contributed by atoms with van der Waals surface area (Å²) in [4.78, 5) is 10.5. The molecule has 60 valence electrons. The van der Waals surface area contributed by atoms with E-state index in [1.54, 1.807) is 0 Å². The van der Waals surface area contributed by atoms with Crippen LogP contribution in [-0.2, 0) is 9.53 Å². The molecule has 3 heteroatoms. The molecule has 0 aromatic rings. The molecule has 0 amide bonds. The van der Waals surface area contributed by atoms with Crippen molar-refractivity contribution < 1.29 is 9.53 Å². The molecule has 0 aromatic carbocycles. The fourth-order valence-electron chi connectivity index (χ4n) is 0.721. The molecule has 1 unspecified atom stereocenters. The Morgan fingerprint density at radius 3 is 2.70 bits per heavy atom. The summed E-state index contributed by atoms with van der Waals surface area (Å²) in [5, 5.41) is 0. The molecule has 0 fully saturated rings. The highest BCUT2D eigenvalue weighted by Gasteiger charge is 2.05. The average molecular weight is 165 g/mol. The Kier molecular flexibility index (Phi) is 5.40. The van der Waals surface area contributed by atoms with E-state index in [0.29, 0.717) is 0 Å². The van der Waals surface area contributed by atoms with Crippen molar-refractivity contribution in [3.8, 4) is 0 Å². The fraction of sp³-hybridized carbons (Fsp3) is 0.857. The standard InChI is InChI=1S/C7H13ClO2/c1-3-4-6(2)10-7(9)5-8/h6H,3-5H2,1-2H3. The lowest BCUT2D eigenvalue weighted by Gasteiger charge is -2.09. The van der Waals surface area contributed by atoms with Crippen molar-refractivity contribution in [3.63, 3.8) is 0 Å². The highest BCUT2D eigenvalue weighted by molar-refractivity contribution is 6.26. The normalized spacial score (nSPS) is 12.7. The summed E-state index contributed by atoms with van der Waals surface area (Å²) in [7, 11) is 0. The van der Waals surface area contributed by atoms with Gasteiger partial charge in [0.05, 0.1) is 6.10 Å². The van der Waals surface area contributed by atoms with Gasteiger partial charge in [-0.05, 0) is 13.3 Å². The number of esters is 1. The molecule has 0 saturated heterocycles. The molecule has 0 bridgehead atoms. The van der Waals surface area contributed by atoms with E-state index in [0.717, 1.165) is 12.8 Å². The number of carbonyl (C=O) groups excluding carboxylic acids is 1. The minimum atomic E-state index is -0.331. The molecule has 1 atom stereocenters. The number of hydrogen-bond donors (Lipinski definition) is 0. The average Bonchev–Trinajstić information content (AvgIpc) is 1.88. The van der Waals surface area contributed by atoms with Crippen LogP contribution in [0.3, 0.4) is 0 Å². The van der Waals surface area contributed by atoms with E-state index in [4.69, 9.17) is 16.3 Å². The summed E-state index contributed by atoms with van der Waals surface area (Å²) in [5.41, 5.74) is 0. The van der Waals surface area contributed by atoms with E-state index in [1.807, 2.05) is 13.8 Å². The van der Waals surface area contributed by atoms with E-state index >= 15 is 0 Å². The molecule has 0 rings (SSSR count). The lowest BCUT2D eigenvalue weighted by molar-refractivity contribution is -0.145. The molecule has 0 aliphatic rings. The van der Waals surface area contributed by atoms with Crippen molar-refractivity contribution in [1.82, 2.24) is 0 Å². The van der Waals surface area contributed by atoms with Gasteiger partial charge in [-0.2, -0.15) is 0 Å². The second kappa shape index (κ2) is 5.54. The second-order valence-electron chi connectivity index (χ2n) is 2.22. The Labute approximate surface area is 66.5 Å². The predicted octanol–water partition coefficient (Wildman–Crippen LogP) is 1.96. The monoisotopic (exact) mass is 164 g/mol. The maximum atomic E-state index is 10.5. The van der Waals surface area contributed by atoms with Gasteiger partial charge >= 0.3 is 5.97 Å². The van der Waals surface area contributed by atoms with Gasteiger partial charge < -0.3 is 4.74 Å². The highest BCUT2D eigenvalue weighted by atomic mass is 35.5. The van der Waals surface area contributed by atoms with E-state index in [9.17, 15) is 4.79 Å². The van der Waals surface area contributed by atoms with E-state index in [-0.39, 0.29) is 18.0 Å². The van der Waals surface area contributed by atoms with Gasteiger partial charge in [0, 0.05) is 0 Å². The van der Waals surface area contributed by atoms with Crippen LogP contribution in [-0.4, -0.2) is 18.0 Å². The van der Waals surface area contributed by atoms with Gasteiger partial charge in [-0.25, -0.2) is 0 Å². The van der Waals surface area contributed by atoms with Crippen LogP contribution in [0.1, 0.15) is 26.7 Å². The van der Waals surface area contributed by atoms with Crippen LogP contribution in [0.4, 0.5) is 0 Å². The molecule has 0 aliphatic carbocycles. The van der Waals surface area contributed by atoms with Crippen LogP contribution >= 0.6 is 11.6 Å². The van der Waals surface area contributed by atoms with Crippen LogP contribution in [0.25, 0.3) is 0 Å². The Bertz CT molecular complexity index is 104. The third-order valence-corrected chi connectivity index (χ3v) is 1.36. The Balaban J connectivity index is 3.37. The molecule has 0 N–H and O–H groups in total. The number of alkyl halides is 1. The Morgan fingerprint density at radius 2 is 2.30 bits per heavy atom.